The van der Waals surface area contributed by atoms with Crippen LogP contribution < -0.4 is 5.32 Å². The van der Waals surface area contributed by atoms with Crippen molar-refractivity contribution in [3.63, 3.8) is 0 Å². The Morgan fingerprint density at radius 1 is 1.58 bits per heavy atom. The van der Waals surface area contributed by atoms with Gasteiger partial charge in [-0.3, -0.25) is 4.99 Å². The van der Waals surface area contributed by atoms with Gasteiger partial charge in [-0.2, -0.15) is 0 Å². The Morgan fingerprint density at radius 2 is 2.33 bits per heavy atom. The maximum absolute atomic E-state index is 4.36. The first-order chi connectivity index (χ1) is 5.74. The third-order valence-corrected chi connectivity index (χ3v) is 3.34. The van der Waals surface area contributed by atoms with Crippen LogP contribution in [-0.4, -0.2) is 23.5 Å². The normalized spacial score (nSPS) is 21.8. The van der Waals surface area contributed by atoms with Crippen LogP contribution in [-0.2, 0) is 0 Å². The van der Waals surface area contributed by atoms with Crippen LogP contribution in [0.25, 0.3) is 0 Å². The number of rotatable bonds is 3. The first-order valence-electron chi connectivity index (χ1n) is 4.67. The van der Waals surface area contributed by atoms with E-state index in [1.807, 2.05) is 11.8 Å². The molecule has 1 aliphatic heterocycles. The highest BCUT2D eigenvalue weighted by Crippen LogP contribution is 2.13. The van der Waals surface area contributed by atoms with Gasteiger partial charge < -0.3 is 5.32 Å². The van der Waals surface area contributed by atoms with Gasteiger partial charge in [0.25, 0.3) is 0 Å². The highest BCUT2D eigenvalue weighted by molar-refractivity contribution is 8.14. The van der Waals surface area contributed by atoms with Crippen LogP contribution >= 0.6 is 11.8 Å². The lowest BCUT2D eigenvalue weighted by Gasteiger charge is -2.20. The van der Waals surface area contributed by atoms with Crippen LogP contribution in [0.15, 0.2) is 4.99 Å². The molecule has 0 aromatic heterocycles. The lowest BCUT2D eigenvalue weighted by Crippen LogP contribution is -2.34. The highest BCUT2D eigenvalue weighted by Gasteiger charge is 2.13. The minimum Gasteiger partial charge on any atom is -0.362 e. The van der Waals surface area contributed by atoms with Crippen molar-refractivity contribution in [3.8, 4) is 0 Å². The van der Waals surface area contributed by atoms with E-state index in [0.717, 1.165) is 23.4 Å². The smallest absolute Gasteiger partial charge is 0.156 e. The summed E-state index contributed by atoms with van der Waals surface area (Å²) in [6.45, 7) is 7.72. The average molecular weight is 186 g/mol. The van der Waals surface area contributed by atoms with E-state index in [2.05, 4.69) is 31.1 Å². The lowest BCUT2D eigenvalue weighted by molar-refractivity contribution is 0.439. The Bertz CT molecular complexity index is 168. The number of aliphatic imine (C=N–C) groups is 1. The predicted octanol–water partition coefficient (Wildman–Crippen LogP) is 2.11. The maximum Gasteiger partial charge on any atom is 0.156 e. The molecule has 1 rings (SSSR count). The van der Waals surface area contributed by atoms with Crippen molar-refractivity contribution in [2.45, 2.75) is 33.2 Å². The molecular formula is C9H18N2S. The summed E-state index contributed by atoms with van der Waals surface area (Å²) in [5.41, 5.74) is 0. The molecule has 0 aromatic carbocycles. The van der Waals surface area contributed by atoms with Gasteiger partial charge in [0.1, 0.15) is 0 Å². The summed E-state index contributed by atoms with van der Waals surface area (Å²) in [4.78, 5) is 4.36. The molecule has 2 atom stereocenters. The molecule has 1 aliphatic rings. The Kier molecular flexibility index (Phi) is 3.92. The molecule has 2 unspecified atom stereocenters. The Balaban J connectivity index is 2.29. The fourth-order valence-corrected chi connectivity index (χ4v) is 1.94. The Labute approximate surface area is 79.2 Å². The van der Waals surface area contributed by atoms with Gasteiger partial charge in [0.2, 0.25) is 0 Å². The number of hydrogen-bond donors (Lipinski definition) is 1. The van der Waals surface area contributed by atoms with E-state index in [1.54, 1.807) is 0 Å². The van der Waals surface area contributed by atoms with Crippen molar-refractivity contribution >= 4 is 16.9 Å². The fourth-order valence-electron chi connectivity index (χ4n) is 1.11. The number of thioether (sulfide) groups is 1. The van der Waals surface area contributed by atoms with E-state index < -0.39 is 0 Å². The first-order valence-corrected chi connectivity index (χ1v) is 5.66. The van der Waals surface area contributed by atoms with E-state index >= 15 is 0 Å². The third kappa shape index (κ3) is 2.70. The number of nitrogens with one attached hydrogen (secondary N) is 1. The monoisotopic (exact) mass is 186 g/mol. The standard InChI is InChI=1S/C9H18N2S/c1-4-7(2)8(3)11-9-10-5-6-12-9/h7-8H,4-6H2,1-3H3,(H,10,11). The molecule has 0 bridgehead atoms. The molecule has 0 amide bonds. The summed E-state index contributed by atoms with van der Waals surface area (Å²) in [5.74, 6) is 1.88. The molecule has 0 radical (unpaired) electrons. The zero-order valence-corrected chi connectivity index (χ0v) is 8.95. The quantitative estimate of drug-likeness (QED) is 0.730. The van der Waals surface area contributed by atoms with E-state index in [4.69, 9.17) is 0 Å². The summed E-state index contributed by atoms with van der Waals surface area (Å²) >= 11 is 1.84. The molecular weight excluding hydrogens is 168 g/mol. The molecule has 0 saturated carbocycles. The van der Waals surface area contributed by atoms with Crippen LogP contribution in [0.2, 0.25) is 0 Å². The van der Waals surface area contributed by atoms with Gasteiger partial charge in [0.15, 0.2) is 5.17 Å². The molecule has 3 heteroatoms. The predicted molar refractivity (Wildman–Crippen MR) is 56.8 cm³/mol. The van der Waals surface area contributed by atoms with Crippen molar-refractivity contribution in [1.82, 2.24) is 5.32 Å². The van der Waals surface area contributed by atoms with E-state index in [0.29, 0.717) is 6.04 Å². The highest BCUT2D eigenvalue weighted by atomic mass is 32.2. The van der Waals surface area contributed by atoms with Gasteiger partial charge in [0, 0.05) is 11.8 Å². The van der Waals surface area contributed by atoms with Crippen LogP contribution in [0.4, 0.5) is 0 Å². The van der Waals surface area contributed by atoms with Crippen LogP contribution in [0.5, 0.6) is 0 Å². The van der Waals surface area contributed by atoms with Crippen molar-refractivity contribution < 1.29 is 0 Å². The van der Waals surface area contributed by atoms with Crippen LogP contribution in [0, 0.1) is 5.92 Å². The van der Waals surface area contributed by atoms with Crippen molar-refractivity contribution in [2.75, 3.05) is 12.3 Å². The van der Waals surface area contributed by atoms with E-state index in [9.17, 15) is 0 Å². The molecule has 0 aromatic rings. The minimum absolute atomic E-state index is 0.555. The van der Waals surface area contributed by atoms with Gasteiger partial charge in [-0.1, -0.05) is 32.0 Å². The Morgan fingerprint density at radius 3 is 2.83 bits per heavy atom. The molecule has 0 aliphatic carbocycles. The number of hydrogen-bond acceptors (Lipinski definition) is 3. The zero-order chi connectivity index (χ0) is 8.97. The fraction of sp³-hybridized carbons (Fsp3) is 0.889. The zero-order valence-electron chi connectivity index (χ0n) is 8.13. The molecule has 1 N–H and O–H groups in total. The second-order valence-corrected chi connectivity index (χ2v) is 4.44. The summed E-state index contributed by atoms with van der Waals surface area (Å²) in [6, 6.07) is 0.555. The summed E-state index contributed by atoms with van der Waals surface area (Å²) in [5, 5.41) is 4.58. The van der Waals surface area contributed by atoms with E-state index in [-0.39, 0.29) is 0 Å². The average Bonchev–Trinajstić information content (AvgIpc) is 2.55. The van der Waals surface area contributed by atoms with Gasteiger partial charge >= 0.3 is 0 Å². The first kappa shape index (κ1) is 9.90. The molecule has 2 nitrogen and oxygen atoms in total. The molecule has 0 spiro atoms. The summed E-state index contributed by atoms with van der Waals surface area (Å²) < 4.78 is 0. The van der Waals surface area contributed by atoms with Crippen LogP contribution in [0.1, 0.15) is 27.2 Å². The van der Waals surface area contributed by atoms with E-state index in [1.165, 1.54) is 6.42 Å². The summed E-state index contributed by atoms with van der Waals surface area (Å²) in [7, 11) is 0. The molecule has 0 saturated heterocycles. The van der Waals surface area contributed by atoms with Gasteiger partial charge in [-0.15, -0.1) is 0 Å². The lowest BCUT2D eigenvalue weighted by atomic mass is 10.0. The second kappa shape index (κ2) is 4.75. The molecule has 1 heterocycles. The van der Waals surface area contributed by atoms with Gasteiger partial charge in [-0.25, -0.2) is 0 Å². The van der Waals surface area contributed by atoms with Crippen LogP contribution in [0.3, 0.4) is 0 Å². The number of nitrogens with zero attached hydrogens (tertiary/aromatic N) is 1. The Hall–Kier alpha value is -0.180. The minimum atomic E-state index is 0.555. The second-order valence-electron chi connectivity index (χ2n) is 3.35. The number of amidine groups is 1. The van der Waals surface area contributed by atoms with Gasteiger partial charge in [-0.05, 0) is 12.8 Å². The van der Waals surface area contributed by atoms with Crippen molar-refractivity contribution in [2.24, 2.45) is 10.9 Å². The third-order valence-electron chi connectivity index (χ3n) is 2.43. The van der Waals surface area contributed by atoms with Gasteiger partial charge in [0.05, 0.1) is 6.54 Å². The summed E-state index contributed by atoms with van der Waals surface area (Å²) in [6.07, 6.45) is 1.23. The maximum atomic E-state index is 4.36. The largest absolute Gasteiger partial charge is 0.362 e. The van der Waals surface area contributed by atoms with Crippen molar-refractivity contribution in [3.05, 3.63) is 0 Å². The molecule has 70 valence electrons. The van der Waals surface area contributed by atoms with Crippen molar-refractivity contribution in [1.29, 1.82) is 0 Å². The molecule has 0 fully saturated rings. The molecule has 12 heavy (non-hydrogen) atoms. The SMILES string of the molecule is CCC(C)C(C)NC1=NCCS1. The topological polar surface area (TPSA) is 24.4 Å².